The second kappa shape index (κ2) is 8.85. The van der Waals surface area contributed by atoms with Crippen LogP contribution in [-0.2, 0) is 5.75 Å². The lowest BCUT2D eigenvalue weighted by Crippen LogP contribution is -2.15. The van der Waals surface area contributed by atoms with Crippen molar-refractivity contribution in [1.29, 1.82) is 0 Å². The first-order valence-electron chi connectivity index (χ1n) is 7.86. The molecule has 6 heteroatoms. The van der Waals surface area contributed by atoms with Gasteiger partial charge in [0.1, 0.15) is 10.8 Å². The van der Waals surface area contributed by atoms with Crippen LogP contribution in [0, 0.1) is 0 Å². The molecule has 1 unspecified atom stereocenters. The molecule has 2 N–H and O–H groups in total. The zero-order valence-corrected chi connectivity index (χ0v) is 15.0. The molecule has 25 heavy (non-hydrogen) atoms. The molecular formula is C19H18ClN3OS. The van der Waals surface area contributed by atoms with Crippen molar-refractivity contribution >= 4 is 29.2 Å². The Balaban J connectivity index is 1.66. The number of hydrogen-bond acceptors (Lipinski definition) is 5. The molecule has 4 nitrogen and oxygen atoms in total. The number of aliphatic hydroxyl groups excluding tert-OH is 1. The summed E-state index contributed by atoms with van der Waals surface area (Å²) in [6, 6.07) is 17.4. The van der Waals surface area contributed by atoms with E-state index in [1.54, 1.807) is 36.3 Å². The van der Waals surface area contributed by atoms with Crippen LogP contribution in [0.4, 0.5) is 5.82 Å². The number of thioether (sulfide) groups is 1. The van der Waals surface area contributed by atoms with Crippen LogP contribution in [0.3, 0.4) is 0 Å². The van der Waals surface area contributed by atoms with Gasteiger partial charge in [0, 0.05) is 10.8 Å². The van der Waals surface area contributed by atoms with Gasteiger partial charge >= 0.3 is 0 Å². The monoisotopic (exact) mass is 371 g/mol. The van der Waals surface area contributed by atoms with Gasteiger partial charge in [0.2, 0.25) is 0 Å². The van der Waals surface area contributed by atoms with Crippen molar-refractivity contribution in [3.8, 4) is 0 Å². The van der Waals surface area contributed by atoms with Gasteiger partial charge in [0.15, 0.2) is 0 Å². The summed E-state index contributed by atoms with van der Waals surface area (Å²) in [4.78, 5) is 8.81. The zero-order chi connectivity index (χ0) is 17.5. The normalized spacial score (nSPS) is 11.9. The van der Waals surface area contributed by atoms with Crippen LogP contribution in [0.25, 0.3) is 0 Å². The summed E-state index contributed by atoms with van der Waals surface area (Å²) in [7, 11) is 0. The number of aromatic nitrogens is 2. The maximum absolute atomic E-state index is 9.68. The van der Waals surface area contributed by atoms with Crippen LogP contribution in [0.1, 0.15) is 17.2 Å². The molecule has 0 spiro atoms. The Morgan fingerprint density at radius 2 is 1.80 bits per heavy atom. The lowest BCUT2D eigenvalue weighted by molar-refractivity contribution is 0.276. The Morgan fingerprint density at radius 1 is 1.04 bits per heavy atom. The quantitative estimate of drug-likeness (QED) is 0.596. The summed E-state index contributed by atoms with van der Waals surface area (Å²) in [6.07, 6.45) is 3.40. The van der Waals surface area contributed by atoms with Crippen molar-refractivity contribution in [2.75, 3.05) is 11.9 Å². The van der Waals surface area contributed by atoms with Crippen molar-refractivity contribution in [1.82, 2.24) is 9.97 Å². The smallest absolute Gasteiger partial charge is 0.146 e. The minimum Gasteiger partial charge on any atom is -0.394 e. The largest absolute Gasteiger partial charge is 0.394 e. The van der Waals surface area contributed by atoms with E-state index < -0.39 is 0 Å². The summed E-state index contributed by atoms with van der Waals surface area (Å²) in [6.45, 7) is -0.0509. The molecule has 3 aromatic rings. The van der Waals surface area contributed by atoms with Crippen molar-refractivity contribution < 1.29 is 5.11 Å². The van der Waals surface area contributed by atoms with E-state index in [0.717, 1.165) is 16.3 Å². The lowest BCUT2D eigenvalue weighted by Gasteiger charge is -2.17. The van der Waals surface area contributed by atoms with E-state index in [9.17, 15) is 5.11 Å². The van der Waals surface area contributed by atoms with Gasteiger partial charge in [-0.25, -0.2) is 4.98 Å². The molecule has 0 bridgehead atoms. The summed E-state index contributed by atoms with van der Waals surface area (Å²) in [5, 5.41) is 14.4. The molecule has 0 fully saturated rings. The topological polar surface area (TPSA) is 58.0 Å². The van der Waals surface area contributed by atoms with Crippen molar-refractivity contribution in [3.05, 3.63) is 83.1 Å². The van der Waals surface area contributed by atoms with E-state index in [4.69, 9.17) is 11.6 Å². The molecular weight excluding hydrogens is 354 g/mol. The Hall–Kier alpha value is -2.08. The molecule has 0 amide bonds. The summed E-state index contributed by atoms with van der Waals surface area (Å²) >= 11 is 7.54. The highest BCUT2D eigenvalue weighted by atomic mass is 35.5. The predicted molar refractivity (Wildman–Crippen MR) is 103 cm³/mol. The minimum absolute atomic E-state index is 0.0509. The molecule has 2 aromatic carbocycles. The van der Waals surface area contributed by atoms with Gasteiger partial charge in [0.25, 0.3) is 0 Å². The Bertz CT molecular complexity index is 799. The SMILES string of the molecule is OCC(Nc1cncc(SCc2ccccc2)n1)c1ccc(Cl)cc1. The van der Waals surface area contributed by atoms with Crippen molar-refractivity contribution in [2.45, 2.75) is 16.8 Å². The third-order valence-corrected chi connectivity index (χ3v) is 4.84. The fourth-order valence-corrected chi connectivity index (χ4v) is 3.26. The fourth-order valence-electron chi connectivity index (χ4n) is 2.33. The lowest BCUT2D eigenvalue weighted by atomic mass is 10.1. The van der Waals surface area contributed by atoms with Crippen molar-refractivity contribution in [2.24, 2.45) is 0 Å². The van der Waals surface area contributed by atoms with Crippen LogP contribution in [0.2, 0.25) is 5.02 Å². The Kier molecular flexibility index (Phi) is 6.28. The summed E-state index contributed by atoms with van der Waals surface area (Å²) in [5.41, 5.74) is 2.18. The van der Waals surface area contributed by atoms with E-state index in [2.05, 4.69) is 27.4 Å². The van der Waals surface area contributed by atoms with Crippen molar-refractivity contribution in [3.63, 3.8) is 0 Å². The molecule has 0 aliphatic rings. The Labute approximate surface area is 156 Å². The van der Waals surface area contributed by atoms with E-state index in [0.29, 0.717) is 10.8 Å². The summed E-state index contributed by atoms with van der Waals surface area (Å²) in [5.74, 6) is 1.46. The minimum atomic E-state index is -0.263. The molecule has 128 valence electrons. The van der Waals surface area contributed by atoms with Crippen LogP contribution in [0.15, 0.2) is 72.0 Å². The number of rotatable bonds is 7. The van der Waals surface area contributed by atoms with E-state index in [1.807, 2.05) is 30.3 Å². The molecule has 3 rings (SSSR count). The van der Waals surface area contributed by atoms with Gasteiger partial charge in [-0.05, 0) is 23.3 Å². The highest BCUT2D eigenvalue weighted by Gasteiger charge is 2.11. The first-order chi connectivity index (χ1) is 12.2. The first-order valence-corrected chi connectivity index (χ1v) is 9.22. The van der Waals surface area contributed by atoms with Gasteiger partial charge in [-0.1, -0.05) is 54.1 Å². The molecule has 1 heterocycles. The highest BCUT2D eigenvalue weighted by molar-refractivity contribution is 7.98. The number of nitrogens with zero attached hydrogens (tertiary/aromatic N) is 2. The molecule has 0 saturated carbocycles. The standard InChI is InChI=1S/C19H18ClN3OS/c20-16-8-6-15(7-9-16)17(12-24)22-18-10-21-11-19(23-18)25-13-14-4-2-1-3-5-14/h1-11,17,24H,12-13H2,(H,22,23). The second-order valence-corrected chi connectivity index (χ2v) is 6.88. The van der Waals surface area contributed by atoms with E-state index >= 15 is 0 Å². The average Bonchev–Trinajstić information content (AvgIpc) is 2.66. The molecule has 1 aromatic heterocycles. The van der Waals surface area contributed by atoms with Gasteiger partial charge in [-0.15, -0.1) is 11.8 Å². The van der Waals surface area contributed by atoms with Gasteiger partial charge in [-0.2, -0.15) is 0 Å². The molecule has 1 atom stereocenters. The van der Waals surface area contributed by atoms with Crippen LogP contribution in [-0.4, -0.2) is 21.7 Å². The van der Waals surface area contributed by atoms with Gasteiger partial charge in [0.05, 0.1) is 25.0 Å². The zero-order valence-electron chi connectivity index (χ0n) is 13.5. The number of anilines is 1. The average molecular weight is 372 g/mol. The number of halogens is 1. The molecule has 0 radical (unpaired) electrons. The highest BCUT2D eigenvalue weighted by Crippen LogP contribution is 2.23. The third kappa shape index (κ3) is 5.19. The first kappa shape index (κ1) is 17.7. The maximum atomic E-state index is 9.68. The predicted octanol–water partition coefficient (Wildman–Crippen LogP) is 4.57. The van der Waals surface area contributed by atoms with Crippen LogP contribution >= 0.6 is 23.4 Å². The van der Waals surface area contributed by atoms with Gasteiger partial charge in [-0.3, -0.25) is 4.98 Å². The maximum Gasteiger partial charge on any atom is 0.146 e. The molecule has 0 aliphatic carbocycles. The number of aliphatic hydroxyl groups is 1. The molecule has 0 aliphatic heterocycles. The van der Waals surface area contributed by atoms with E-state index in [1.165, 1.54) is 5.56 Å². The van der Waals surface area contributed by atoms with Crippen LogP contribution in [0.5, 0.6) is 0 Å². The second-order valence-electron chi connectivity index (χ2n) is 5.45. The third-order valence-electron chi connectivity index (χ3n) is 3.62. The fraction of sp³-hybridized carbons (Fsp3) is 0.158. The number of benzene rings is 2. The Morgan fingerprint density at radius 3 is 2.52 bits per heavy atom. The number of hydrogen-bond donors (Lipinski definition) is 2. The van der Waals surface area contributed by atoms with Crippen LogP contribution < -0.4 is 5.32 Å². The van der Waals surface area contributed by atoms with Gasteiger partial charge < -0.3 is 10.4 Å². The summed E-state index contributed by atoms with van der Waals surface area (Å²) < 4.78 is 0. The number of nitrogens with one attached hydrogen (secondary N) is 1. The molecule has 0 saturated heterocycles. The van der Waals surface area contributed by atoms with E-state index in [-0.39, 0.29) is 12.6 Å².